The Morgan fingerprint density at radius 2 is 2.05 bits per heavy atom. The summed E-state index contributed by atoms with van der Waals surface area (Å²) in [6.07, 6.45) is 2.84. The van der Waals surface area contributed by atoms with Crippen LogP contribution in [0.2, 0.25) is 0 Å². The van der Waals surface area contributed by atoms with E-state index in [9.17, 15) is 0 Å². The van der Waals surface area contributed by atoms with E-state index >= 15 is 0 Å². The first-order valence-corrected chi connectivity index (χ1v) is 7.55. The summed E-state index contributed by atoms with van der Waals surface area (Å²) in [6.45, 7) is 1.56. The zero-order valence-corrected chi connectivity index (χ0v) is 13.2. The molecule has 1 fully saturated rings. The van der Waals surface area contributed by atoms with Crippen LogP contribution in [0.1, 0.15) is 18.4 Å². The number of nitrogens with one attached hydrogen (secondary N) is 1. The highest BCUT2D eigenvalue weighted by Crippen LogP contribution is 2.31. The Hall–Kier alpha value is -0.420. The van der Waals surface area contributed by atoms with E-state index in [-0.39, 0.29) is 5.60 Å². The van der Waals surface area contributed by atoms with E-state index in [0.717, 1.165) is 36.9 Å². The molecular formula is C15H22BrNO2. The van der Waals surface area contributed by atoms with Crippen molar-refractivity contribution in [3.8, 4) is 0 Å². The highest BCUT2D eigenvalue weighted by atomic mass is 79.9. The molecule has 3 nitrogen and oxygen atoms in total. The van der Waals surface area contributed by atoms with Crippen LogP contribution in [0.4, 0.5) is 0 Å². The summed E-state index contributed by atoms with van der Waals surface area (Å²) in [5.74, 6) is 0. The molecule has 1 N–H and O–H groups in total. The summed E-state index contributed by atoms with van der Waals surface area (Å²) >= 11 is 3.62. The van der Waals surface area contributed by atoms with Gasteiger partial charge in [-0.25, -0.2) is 0 Å². The molecule has 0 bridgehead atoms. The average molecular weight is 328 g/mol. The molecule has 0 aromatic heterocycles. The number of likely N-dealkylation sites (N-methyl/N-ethyl adjacent to an activating group) is 1. The van der Waals surface area contributed by atoms with Crippen LogP contribution in [0, 0.1) is 0 Å². The summed E-state index contributed by atoms with van der Waals surface area (Å²) in [6, 6.07) is 8.67. The fourth-order valence-corrected chi connectivity index (χ4v) is 3.29. The fourth-order valence-electron chi connectivity index (χ4n) is 2.85. The maximum absolute atomic E-state index is 5.89. The predicted octanol–water partition coefficient (Wildman–Crippen LogP) is 2.78. The van der Waals surface area contributed by atoms with E-state index in [0.29, 0.717) is 6.04 Å². The number of benzene rings is 1. The minimum Gasteiger partial charge on any atom is -0.381 e. The Bertz CT molecular complexity index is 405. The molecule has 19 heavy (non-hydrogen) atoms. The van der Waals surface area contributed by atoms with E-state index < -0.39 is 0 Å². The maximum Gasteiger partial charge on any atom is 0.0877 e. The van der Waals surface area contributed by atoms with Gasteiger partial charge in [-0.2, -0.15) is 0 Å². The number of methoxy groups -OCH3 is 1. The molecular weight excluding hydrogens is 306 g/mol. The molecule has 1 saturated heterocycles. The lowest BCUT2D eigenvalue weighted by atomic mass is 9.82. The normalized spacial score (nSPS) is 20.2. The van der Waals surface area contributed by atoms with Gasteiger partial charge >= 0.3 is 0 Å². The van der Waals surface area contributed by atoms with Gasteiger partial charge in [0.25, 0.3) is 0 Å². The Kier molecular flexibility index (Phi) is 5.39. The van der Waals surface area contributed by atoms with Gasteiger partial charge in [0, 0.05) is 43.7 Å². The molecule has 0 aliphatic carbocycles. The van der Waals surface area contributed by atoms with E-state index in [1.807, 2.05) is 20.2 Å². The largest absolute Gasteiger partial charge is 0.381 e. The molecule has 1 heterocycles. The smallest absolute Gasteiger partial charge is 0.0877 e. The molecule has 1 unspecified atom stereocenters. The first kappa shape index (κ1) is 15.0. The van der Waals surface area contributed by atoms with Crippen LogP contribution in [0.15, 0.2) is 28.7 Å². The van der Waals surface area contributed by atoms with Crippen LogP contribution in [-0.2, 0) is 15.9 Å². The van der Waals surface area contributed by atoms with Gasteiger partial charge in [-0.1, -0.05) is 34.1 Å². The third kappa shape index (κ3) is 3.37. The van der Waals surface area contributed by atoms with Crippen molar-refractivity contribution in [1.29, 1.82) is 0 Å². The van der Waals surface area contributed by atoms with Crippen molar-refractivity contribution in [2.24, 2.45) is 0 Å². The summed E-state index contributed by atoms with van der Waals surface area (Å²) in [7, 11) is 3.83. The second-order valence-corrected chi connectivity index (χ2v) is 5.87. The fraction of sp³-hybridized carbons (Fsp3) is 0.600. The van der Waals surface area contributed by atoms with Crippen LogP contribution >= 0.6 is 15.9 Å². The lowest BCUT2D eigenvalue weighted by Crippen LogP contribution is -2.55. The third-order valence-corrected chi connectivity index (χ3v) is 4.88. The topological polar surface area (TPSA) is 30.5 Å². The molecule has 1 aliphatic rings. The van der Waals surface area contributed by atoms with Gasteiger partial charge < -0.3 is 14.8 Å². The summed E-state index contributed by atoms with van der Waals surface area (Å²) in [5, 5.41) is 3.44. The molecule has 2 rings (SSSR count). The first-order valence-electron chi connectivity index (χ1n) is 6.75. The number of hydrogen-bond acceptors (Lipinski definition) is 3. The van der Waals surface area contributed by atoms with Gasteiger partial charge in [0.05, 0.1) is 5.60 Å². The van der Waals surface area contributed by atoms with Crippen LogP contribution in [0.3, 0.4) is 0 Å². The molecule has 0 spiro atoms. The SMILES string of the molecule is CNC(Cc1ccccc1Br)C1(OC)CCOCC1. The van der Waals surface area contributed by atoms with Crippen molar-refractivity contribution in [3.05, 3.63) is 34.3 Å². The quantitative estimate of drug-likeness (QED) is 0.902. The second-order valence-electron chi connectivity index (χ2n) is 5.02. The number of ether oxygens (including phenoxy) is 2. The molecule has 1 aliphatic heterocycles. The van der Waals surface area contributed by atoms with E-state index in [4.69, 9.17) is 9.47 Å². The summed E-state index contributed by atoms with van der Waals surface area (Å²) < 4.78 is 12.5. The molecule has 1 atom stereocenters. The lowest BCUT2D eigenvalue weighted by Gasteiger charge is -2.42. The molecule has 106 valence electrons. The van der Waals surface area contributed by atoms with Gasteiger partial charge in [-0.05, 0) is 25.1 Å². The summed E-state index contributed by atoms with van der Waals surface area (Å²) in [5.41, 5.74) is 1.19. The van der Waals surface area contributed by atoms with E-state index in [1.165, 1.54) is 5.56 Å². The van der Waals surface area contributed by atoms with Crippen LogP contribution < -0.4 is 5.32 Å². The molecule has 1 aromatic rings. The second kappa shape index (κ2) is 6.84. The van der Waals surface area contributed by atoms with E-state index in [2.05, 4.69) is 39.4 Å². The Labute approximate surface area is 123 Å². The van der Waals surface area contributed by atoms with Gasteiger partial charge in [0.15, 0.2) is 0 Å². The highest BCUT2D eigenvalue weighted by molar-refractivity contribution is 9.10. The van der Waals surface area contributed by atoms with Crippen molar-refractivity contribution in [2.45, 2.75) is 30.9 Å². The van der Waals surface area contributed by atoms with Crippen molar-refractivity contribution >= 4 is 15.9 Å². The average Bonchev–Trinajstić information content (AvgIpc) is 2.47. The zero-order valence-electron chi connectivity index (χ0n) is 11.6. The standard InChI is InChI=1S/C15H22BrNO2/c1-17-14(11-12-5-3-4-6-13(12)16)15(18-2)7-9-19-10-8-15/h3-6,14,17H,7-11H2,1-2H3. The molecule has 0 radical (unpaired) electrons. The zero-order chi connectivity index (χ0) is 13.7. The molecule has 1 aromatic carbocycles. The van der Waals surface area contributed by atoms with Crippen molar-refractivity contribution < 1.29 is 9.47 Å². The monoisotopic (exact) mass is 327 g/mol. The lowest BCUT2D eigenvalue weighted by molar-refractivity contribution is -0.109. The highest BCUT2D eigenvalue weighted by Gasteiger charge is 2.39. The van der Waals surface area contributed by atoms with Crippen LogP contribution in [0.5, 0.6) is 0 Å². The van der Waals surface area contributed by atoms with Gasteiger partial charge in [0.1, 0.15) is 0 Å². The van der Waals surface area contributed by atoms with E-state index in [1.54, 1.807) is 0 Å². The molecule has 0 amide bonds. The minimum atomic E-state index is -0.123. The summed E-state index contributed by atoms with van der Waals surface area (Å²) in [4.78, 5) is 0. The number of rotatable bonds is 5. The Morgan fingerprint density at radius 1 is 1.37 bits per heavy atom. The van der Waals surface area contributed by atoms with Gasteiger partial charge in [-0.15, -0.1) is 0 Å². The van der Waals surface area contributed by atoms with Gasteiger partial charge in [-0.3, -0.25) is 0 Å². The van der Waals surface area contributed by atoms with Crippen LogP contribution in [-0.4, -0.2) is 39.0 Å². The van der Waals surface area contributed by atoms with Crippen molar-refractivity contribution in [1.82, 2.24) is 5.32 Å². The molecule has 0 saturated carbocycles. The predicted molar refractivity (Wildman–Crippen MR) is 80.5 cm³/mol. The Balaban J connectivity index is 2.17. The Morgan fingerprint density at radius 3 is 2.63 bits per heavy atom. The van der Waals surface area contributed by atoms with Gasteiger partial charge in [0.2, 0.25) is 0 Å². The number of halogens is 1. The number of hydrogen-bond donors (Lipinski definition) is 1. The third-order valence-electron chi connectivity index (χ3n) is 4.11. The van der Waals surface area contributed by atoms with Crippen molar-refractivity contribution in [3.63, 3.8) is 0 Å². The first-order chi connectivity index (χ1) is 9.22. The van der Waals surface area contributed by atoms with Crippen LogP contribution in [0.25, 0.3) is 0 Å². The van der Waals surface area contributed by atoms with Crippen molar-refractivity contribution in [2.75, 3.05) is 27.4 Å². The maximum atomic E-state index is 5.89. The minimum absolute atomic E-state index is 0.123. The molecule has 4 heteroatoms.